The van der Waals surface area contributed by atoms with Gasteiger partial charge >= 0.3 is 0 Å². The molecule has 0 saturated heterocycles. The number of pyridine rings is 1. The first-order chi connectivity index (χ1) is 18.5. The highest BCUT2D eigenvalue weighted by Gasteiger charge is 2.18. The SMILES string of the molecule is CNc1c(OCC=O)ccc(CNC2CCC(C)CC2)c1C.COc1ccc2ncc3c(c2c1)NCCO3. The Morgan fingerprint density at radius 1 is 1.18 bits per heavy atom. The van der Waals surface area contributed by atoms with Crippen LogP contribution in [0.25, 0.3) is 10.9 Å². The van der Waals surface area contributed by atoms with Gasteiger partial charge in [-0.3, -0.25) is 9.78 Å². The minimum absolute atomic E-state index is 0.0893. The zero-order chi connectivity index (χ0) is 26.9. The number of fused-ring (bicyclic) bond motifs is 3. The second-order valence-corrected chi connectivity index (χ2v) is 9.94. The third-order valence-corrected chi connectivity index (χ3v) is 7.39. The molecule has 1 aliphatic heterocycles. The molecule has 1 saturated carbocycles. The monoisotopic (exact) mass is 520 g/mol. The number of benzene rings is 2. The molecule has 38 heavy (non-hydrogen) atoms. The van der Waals surface area contributed by atoms with Crippen LogP contribution in [0.3, 0.4) is 0 Å². The van der Waals surface area contributed by atoms with Crippen molar-refractivity contribution in [3.05, 3.63) is 47.7 Å². The number of nitrogens with zero attached hydrogens (tertiary/aromatic N) is 1. The topological polar surface area (TPSA) is 93.7 Å². The van der Waals surface area contributed by atoms with Gasteiger partial charge in [-0.2, -0.15) is 0 Å². The third-order valence-electron chi connectivity index (χ3n) is 7.39. The summed E-state index contributed by atoms with van der Waals surface area (Å²) in [4.78, 5) is 14.8. The van der Waals surface area contributed by atoms with Crippen LogP contribution < -0.4 is 30.2 Å². The Kier molecular flexibility index (Phi) is 9.65. The van der Waals surface area contributed by atoms with Crippen LogP contribution in [0.15, 0.2) is 36.5 Å². The lowest BCUT2D eigenvalue weighted by atomic mass is 9.87. The largest absolute Gasteiger partial charge is 0.497 e. The van der Waals surface area contributed by atoms with Crippen molar-refractivity contribution in [3.8, 4) is 17.2 Å². The van der Waals surface area contributed by atoms with Crippen LogP contribution in [0.4, 0.5) is 11.4 Å². The average Bonchev–Trinajstić information content (AvgIpc) is 2.96. The van der Waals surface area contributed by atoms with Gasteiger partial charge in [0.15, 0.2) is 12.0 Å². The van der Waals surface area contributed by atoms with E-state index in [1.807, 2.05) is 31.3 Å². The van der Waals surface area contributed by atoms with Gasteiger partial charge in [-0.15, -0.1) is 0 Å². The van der Waals surface area contributed by atoms with Crippen LogP contribution in [-0.2, 0) is 11.3 Å². The van der Waals surface area contributed by atoms with Gasteiger partial charge in [0, 0.05) is 31.6 Å². The number of carbonyl (C=O) groups is 1. The first kappa shape index (κ1) is 27.5. The molecular formula is C30H40N4O4. The van der Waals surface area contributed by atoms with Gasteiger partial charge in [0.05, 0.1) is 30.2 Å². The number of aromatic nitrogens is 1. The molecule has 2 aliphatic rings. The summed E-state index contributed by atoms with van der Waals surface area (Å²) in [7, 11) is 3.55. The number of nitrogens with one attached hydrogen (secondary N) is 3. The van der Waals surface area contributed by atoms with Gasteiger partial charge in [-0.05, 0) is 73.9 Å². The highest BCUT2D eigenvalue weighted by atomic mass is 16.5. The highest BCUT2D eigenvalue weighted by Crippen LogP contribution is 2.35. The number of aldehydes is 1. The zero-order valence-corrected chi connectivity index (χ0v) is 22.9. The molecule has 8 nitrogen and oxygen atoms in total. The number of rotatable bonds is 8. The predicted octanol–water partition coefficient (Wildman–Crippen LogP) is 5.33. The Bertz CT molecular complexity index is 1220. The maximum atomic E-state index is 10.5. The minimum atomic E-state index is 0.0893. The summed E-state index contributed by atoms with van der Waals surface area (Å²) >= 11 is 0. The first-order valence-corrected chi connectivity index (χ1v) is 13.5. The number of carbonyl (C=O) groups excluding carboxylic acids is 1. The van der Waals surface area contributed by atoms with Gasteiger partial charge in [0.25, 0.3) is 0 Å². The van der Waals surface area contributed by atoms with E-state index in [2.05, 4.69) is 40.8 Å². The number of hydrogen-bond acceptors (Lipinski definition) is 8. The standard InChI is InChI=1S/C18H28N2O2.C12H12N2O2/c1-13-4-7-16(8-5-13)20-12-15-6-9-17(22-11-10-21)18(19-3)14(15)2;1-15-8-2-3-10-9(6-8)12-11(7-14-10)16-5-4-13-12/h6,9-10,13,16,19-20H,4-5,7-8,11-12H2,1-3H3;2-3,6-7,13H,4-5H2,1H3. The molecule has 0 spiro atoms. The van der Waals surface area contributed by atoms with Crippen LogP contribution in [0.5, 0.6) is 17.2 Å². The summed E-state index contributed by atoms with van der Waals surface area (Å²) in [6.07, 6.45) is 7.75. The normalized spacial score (nSPS) is 18.2. The summed E-state index contributed by atoms with van der Waals surface area (Å²) < 4.78 is 16.2. The van der Waals surface area contributed by atoms with E-state index in [4.69, 9.17) is 14.2 Å². The van der Waals surface area contributed by atoms with Crippen LogP contribution in [-0.4, -0.2) is 51.2 Å². The predicted molar refractivity (Wildman–Crippen MR) is 153 cm³/mol. The van der Waals surface area contributed by atoms with Crippen LogP contribution >= 0.6 is 0 Å². The van der Waals surface area contributed by atoms with Crippen molar-refractivity contribution in [1.82, 2.24) is 10.3 Å². The van der Waals surface area contributed by atoms with Crippen molar-refractivity contribution < 1.29 is 19.0 Å². The molecule has 3 aromatic rings. The van der Waals surface area contributed by atoms with Crippen molar-refractivity contribution >= 4 is 28.6 Å². The molecule has 3 N–H and O–H groups in total. The molecule has 8 heteroatoms. The molecule has 2 heterocycles. The molecule has 204 valence electrons. The Labute approximate surface area is 225 Å². The van der Waals surface area contributed by atoms with Crippen LogP contribution in [0.1, 0.15) is 43.7 Å². The van der Waals surface area contributed by atoms with Crippen molar-refractivity contribution in [2.75, 3.05) is 44.5 Å². The quantitative estimate of drug-likeness (QED) is 0.343. The Morgan fingerprint density at radius 2 is 2.00 bits per heavy atom. The second-order valence-electron chi connectivity index (χ2n) is 9.94. The maximum absolute atomic E-state index is 10.5. The van der Waals surface area contributed by atoms with E-state index in [-0.39, 0.29) is 6.61 Å². The molecule has 0 amide bonds. The van der Waals surface area contributed by atoms with E-state index in [0.29, 0.717) is 12.6 Å². The highest BCUT2D eigenvalue weighted by molar-refractivity contribution is 5.95. The number of anilines is 2. The van der Waals surface area contributed by atoms with Crippen LogP contribution in [0, 0.1) is 12.8 Å². The molecule has 0 atom stereocenters. The maximum Gasteiger partial charge on any atom is 0.161 e. The fourth-order valence-electron chi connectivity index (χ4n) is 5.10. The summed E-state index contributed by atoms with van der Waals surface area (Å²) in [6, 6.07) is 10.5. The molecule has 0 unspecified atom stereocenters. The Balaban J connectivity index is 0.000000185. The molecule has 1 fully saturated rings. The second kappa shape index (κ2) is 13.3. The van der Waals surface area contributed by atoms with Gasteiger partial charge in [0.1, 0.15) is 24.7 Å². The van der Waals surface area contributed by atoms with E-state index >= 15 is 0 Å². The number of ether oxygens (including phenoxy) is 3. The lowest BCUT2D eigenvalue weighted by Gasteiger charge is -2.27. The lowest BCUT2D eigenvalue weighted by Crippen LogP contribution is -2.32. The number of methoxy groups -OCH3 is 1. The molecule has 1 aromatic heterocycles. The summed E-state index contributed by atoms with van der Waals surface area (Å²) in [5, 5.41) is 11.3. The Morgan fingerprint density at radius 3 is 2.74 bits per heavy atom. The van der Waals surface area contributed by atoms with Gasteiger partial charge in [-0.25, -0.2) is 0 Å². The molecule has 0 radical (unpaired) electrons. The van der Waals surface area contributed by atoms with E-state index in [1.165, 1.54) is 36.8 Å². The average molecular weight is 521 g/mol. The minimum Gasteiger partial charge on any atom is -0.497 e. The Hall–Kier alpha value is -3.52. The number of hydrogen-bond donors (Lipinski definition) is 3. The van der Waals surface area contributed by atoms with E-state index in [0.717, 1.165) is 64.8 Å². The fraction of sp³-hybridized carbons (Fsp3) is 0.467. The lowest BCUT2D eigenvalue weighted by molar-refractivity contribution is -0.109. The molecule has 5 rings (SSSR count). The van der Waals surface area contributed by atoms with Crippen molar-refractivity contribution in [2.24, 2.45) is 5.92 Å². The van der Waals surface area contributed by atoms with E-state index in [9.17, 15) is 4.79 Å². The first-order valence-electron chi connectivity index (χ1n) is 13.5. The zero-order valence-electron chi connectivity index (χ0n) is 22.9. The van der Waals surface area contributed by atoms with E-state index < -0.39 is 0 Å². The van der Waals surface area contributed by atoms with Crippen LogP contribution in [0.2, 0.25) is 0 Å². The molecule has 2 aromatic carbocycles. The van der Waals surface area contributed by atoms with Gasteiger partial charge in [-0.1, -0.05) is 13.0 Å². The summed E-state index contributed by atoms with van der Waals surface area (Å²) in [5.41, 5.74) is 5.38. The van der Waals surface area contributed by atoms with E-state index in [1.54, 1.807) is 13.3 Å². The van der Waals surface area contributed by atoms with Crippen molar-refractivity contribution in [3.63, 3.8) is 0 Å². The summed E-state index contributed by atoms with van der Waals surface area (Å²) in [5.74, 6) is 3.26. The smallest absolute Gasteiger partial charge is 0.161 e. The molecular weight excluding hydrogens is 480 g/mol. The molecule has 0 bridgehead atoms. The fourth-order valence-corrected chi connectivity index (χ4v) is 5.10. The van der Waals surface area contributed by atoms with Gasteiger partial charge in [0.2, 0.25) is 0 Å². The van der Waals surface area contributed by atoms with Crippen molar-refractivity contribution in [2.45, 2.75) is 52.1 Å². The molecule has 1 aliphatic carbocycles. The van der Waals surface area contributed by atoms with Crippen molar-refractivity contribution in [1.29, 1.82) is 0 Å². The summed E-state index contributed by atoms with van der Waals surface area (Å²) in [6.45, 7) is 6.92. The third kappa shape index (κ3) is 6.67. The van der Waals surface area contributed by atoms with Gasteiger partial charge < -0.3 is 30.2 Å².